The summed E-state index contributed by atoms with van der Waals surface area (Å²) in [5.74, 6) is -0.836. The van der Waals surface area contributed by atoms with E-state index in [4.69, 9.17) is 14.2 Å². The second-order valence-corrected chi connectivity index (χ2v) is 13.9. The average molecular weight is 720 g/mol. The summed E-state index contributed by atoms with van der Waals surface area (Å²) in [5.41, 5.74) is 6.10. The molecule has 53 heavy (non-hydrogen) atoms. The number of hydrogen-bond donors (Lipinski definition) is 3. The Kier molecular flexibility index (Phi) is 11.6. The highest BCUT2D eigenvalue weighted by Gasteiger charge is 2.40. The SMILES string of the molecule is O=C(NC1CC(=O)N(Cc2cccc(-c3cccc(C4OC(CN5CCCC5CO)CC(c5ccc(CO)cc5)O4)c3)c2)C1=O)OCc1ccccc1. The van der Waals surface area contributed by atoms with E-state index in [2.05, 4.69) is 10.2 Å². The Labute approximate surface area is 309 Å². The van der Waals surface area contributed by atoms with Crippen LogP contribution in [0.15, 0.2) is 103 Å². The molecule has 5 atom stereocenters. The van der Waals surface area contributed by atoms with Gasteiger partial charge in [0.2, 0.25) is 5.91 Å². The minimum Gasteiger partial charge on any atom is -0.445 e. The molecule has 11 heteroatoms. The molecule has 0 spiro atoms. The maximum Gasteiger partial charge on any atom is 0.408 e. The van der Waals surface area contributed by atoms with E-state index in [0.29, 0.717) is 13.0 Å². The van der Waals surface area contributed by atoms with E-state index in [-0.39, 0.29) is 56.9 Å². The van der Waals surface area contributed by atoms with Crippen LogP contribution in [0.25, 0.3) is 11.1 Å². The molecule has 3 saturated heterocycles. The number of amides is 3. The van der Waals surface area contributed by atoms with E-state index in [1.165, 1.54) is 4.90 Å². The zero-order valence-electron chi connectivity index (χ0n) is 29.5. The second kappa shape index (κ2) is 16.8. The van der Waals surface area contributed by atoms with Gasteiger partial charge in [0.25, 0.3) is 5.91 Å². The van der Waals surface area contributed by atoms with Crippen molar-refractivity contribution in [1.29, 1.82) is 0 Å². The fourth-order valence-corrected chi connectivity index (χ4v) is 7.40. The van der Waals surface area contributed by atoms with E-state index in [1.54, 1.807) is 0 Å². The van der Waals surface area contributed by atoms with Crippen molar-refractivity contribution >= 4 is 17.9 Å². The number of aliphatic hydroxyl groups excluding tert-OH is 2. The molecule has 0 aromatic heterocycles. The van der Waals surface area contributed by atoms with Gasteiger partial charge >= 0.3 is 6.09 Å². The monoisotopic (exact) mass is 719 g/mol. The predicted octanol–water partition coefficient (Wildman–Crippen LogP) is 5.40. The van der Waals surface area contributed by atoms with Crippen molar-refractivity contribution in [3.8, 4) is 11.1 Å². The third-order valence-corrected chi connectivity index (χ3v) is 10.3. The van der Waals surface area contributed by atoms with Crippen LogP contribution in [0.5, 0.6) is 0 Å². The molecule has 0 aliphatic carbocycles. The van der Waals surface area contributed by atoms with Gasteiger partial charge in [0, 0.05) is 24.6 Å². The van der Waals surface area contributed by atoms with E-state index < -0.39 is 24.3 Å². The summed E-state index contributed by atoms with van der Waals surface area (Å²) in [6.45, 7) is 1.84. The number of ether oxygens (including phenoxy) is 3. The normalized spacial score (nSPS) is 23.4. The third kappa shape index (κ3) is 8.84. The van der Waals surface area contributed by atoms with Gasteiger partial charge in [-0.05, 0) is 64.9 Å². The van der Waals surface area contributed by atoms with Crippen molar-refractivity contribution in [2.75, 3.05) is 19.7 Å². The van der Waals surface area contributed by atoms with Gasteiger partial charge in [-0.3, -0.25) is 19.4 Å². The summed E-state index contributed by atoms with van der Waals surface area (Å²) in [5, 5.41) is 22.1. The number of alkyl carbamates (subject to hydrolysis) is 1. The van der Waals surface area contributed by atoms with Crippen LogP contribution in [-0.4, -0.2) is 75.8 Å². The Hall–Kier alpha value is -4.91. The molecule has 11 nitrogen and oxygen atoms in total. The van der Waals surface area contributed by atoms with E-state index in [1.807, 2.05) is 103 Å². The Morgan fingerprint density at radius 2 is 1.58 bits per heavy atom. The van der Waals surface area contributed by atoms with Crippen molar-refractivity contribution in [2.24, 2.45) is 0 Å². The van der Waals surface area contributed by atoms with Crippen LogP contribution in [0, 0.1) is 0 Å². The number of carbonyl (C=O) groups is 3. The van der Waals surface area contributed by atoms with Gasteiger partial charge < -0.3 is 29.7 Å². The first-order chi connectivity index (χ1) is 25.9. The second-order valence-electron chi connectivity index (χ2n) is 13.9. The lowest BCUT2D eigenvalue weighted by Crippen LogP contribution is -2.42. The fraction of sp³-hybridized carbons (Fsp3) is 0.357. The van der Waals surface area contributed by atoms with Gasteiger partial charge in [-0.2, -0.15) is 0 Å². The minimum absolute atomic E-state index is 0.0277. The molecule has 4 aromatic carbocycles. The maximum absolute atomic E-state index is 13.2. The van der Waals surface area contributed by atoms with Crippen LogP contribution in [0.1, 0.15) is 65.9 Å². The van der Waals surface area contributed by atoms with Crippen molar-refractivity contribution in [2.45, 2.75) is 76.0 Å². The van der Waals surface area contributed by atoms with Crippen molar-refractivity contribution < 1.29 is 38.8 Å². The van der Waals surface area contributed by atoms with Gasteiger partial charge in [-0.1, -0.05) is 91.0 Å². The lowest BCUT2D eigenvalue weighted by atomic mass is 9.98. The van der Waals surface area contributed by atoms with Crippen molar-refractivity contribution in [3.05, 3.63) is 131 Å². The molecule has 3 heterocycles. The number of benzene rings is 4. The lowest BCUT2D eigenvalue weighted by molar-refractivity contribution is -0.253. The quantitative estimate of drug-likeness (QED) is 0.164. The molecule has 3 N–H and O–H groups in total. The zero-order valence-corrected chi connectivity index (χ0v) is 29.5. The molecule has 3 fully saturated rings. The molecule has 3 amide bonds. The number of imide groups is 1. The van der Waals surface area contributed by atoms with Crippen LogP contribution >= 0.6 is 0 Å². The van der Waals surface area contributed by atoms with Gasteiger partial charge in [0.15, 0.2) is 6.29 Å². The van der Waals surface area contributed by atoms with E-state index in [9.17, 15) is 24.6 Å². The minimum atomic E-state index is -0.985. The maximum atomic E-state index is 13.2. The summed E-state index contributed by atoms with van der Waals surface area (Å²) < 4.78 is 18.5. The number of carbonyl (C=O) groups excluding carboxylic acids is 3. The highest BCUT2D eigenvalue weighted by Crippen LogP contribution is 2.39. The van der Waals surface area contributed by atoms with Crippen molar-refractivity contribution in [1.82, 2.24) is 15.1 Å². The molecule has 7 rings (SSSR count). The zero-order chi connectivity index (χ0) is 36.7. The highest BCUT2D eigenvalue weighted by atomic mass is 16.7. The summed E-state index contributed by atoms with van der Waals surface area (Å²) >= 11 is 0. The number of nitrogens with one attached hydrogen (secondary N) is 1. The van der Waals surface area contributed by atoms with Gasteiger partial charge in [0.1, 0.15) is 12.6 Å². The first-order valence-corrected chi connectivity index (χ1v) is 18.2. The van der Waals surface area contributed by atoms with Crippen LogP contribution in [0.4, 0.5) is 4.79 Å². The number of rotatable bonds is 12. The van der Waals surface area contributed by atoms with Crippen LogP contribution in [0.2, 0.25) is 0 Å². The summed E-state index contributed by atoms with van der Waals surface area (Å²) in [4.78, 5) is 42.0. The third-order valence-electron chi connectivity index (χ3n) is 10.3. The predicted molar refractivity (Wildman–Crippen MR) is 196 cm³/mol. The molecular weight excluding hydrogens is 674 g/mol. The highest BCUT2D eigenvalue weighted by molar-refractivity contribution is 6.06. The Bertz CT molecular complexity index is 1890. The first kappa shape index (κ1) is 36.4. The lowest BCUT2D eigenvalue weighted by Gasteiger charge is -2.38. The molecule has 0 bridgehead atoms. The Balaban J connectivity index is 1.04. The van der Waals surface area contributed by atoms with Crippen LogP contribution in [-0.2, 0) is 43.6 Å². The molecule has 0 saturated carbocycles. The molecule has 5 unspecified atom stereocenters. The largest absolute Gasteiger partial charge is 0.445 e. The number of aliphatic hydroxyl groups is 2. The van der Waals surface area contributed by atoms with Gasteiger partial charge in [-0.15, -0.1) is 0 Å². The average Bonchev–Trinajstić information content (AvgIpc) is 3.76. The molecular formula is C42H45N3O8. The summed E-state index contributed by atoms with van der Waals surface area (Å²) in [6, 6.07) is 31.8. The van der Waals surface area contributed by atoms with Crippen LogP contribution in [0.3, 0.4) is 0 Å². The smallest absolute Gasteiger partial charge is 0.408 e. The molecule has 3 aliphatic rings. The van der Waals surface area contributed by atoms with E-state index >= 15 is 0 Å². The standard InChI is InChI=1S/C42H45N3O8/c46-25-28-14-16-31(17-15-28)38-21-36(24-44-18-6-13-35(44)26-47)52-41(53-38)34-12-5-11-33(20-34)32-10-4-9-30(19-32)23-45-39(48)22-37(40(45)49)43-42(50)51-27-29-7-2-1-3-8-29/h1-5,7-12,14-17,19-20,35-38,41,46-47H,6,13,18,21-27H2,(H,43,50). The van der Waals surface area contributed by atoms with Gasteiger partial charge in [0.05, 0.1) is 38.4 Å². The Morgan fingerprint density at radius 1 is 0.830 bits per heavy atom. The fourth-order valence-electron chi connectivity index (χ4n) is 7.40. The van der Waals surface area contributed by atoms with E-state index in [0.717, 1.165) is 58.3 Å². The number of hydrogen-bond acceptors (Lipinski definition) is 9. The molecule has 276 valence electrons. The summed E-state index contributed by atoms with van der Waals surface area (Å²) in [7, 11) is 0. The van der Waals surface area contributed by atoms with Crippen molar-refractivity contribution in [3.63, 3.8) is 0 Å². The topological polar surface area (TPSA) is 138 Å². The van der Waals surface area contributed by atoms with Gasteiger partial charge in [-0.25, -0.2) is 4.79 Å². The number of likely N-dealkylation sites (tertiary alicyclic amines) is 2. The Morgan fingerprint density at radius 3 is 2.36 bits per heavy atom. The molecule has 0 radical (unpaired) electrons. The molecule has 3 aliphatic heterocycles. The molecule has 4 aromatic rings. The number of nitrogens with zero attached hydrogens (tertiary/aromatic N) is 2. The summed E-state index contributed by atoms with van der Waals surface area (Å²) in [6.07, 6.45) is 0.793. The van der Waals surface area contributed by atoms with Crippen LogP contribution < -0.4 is 5.32 Å². The first-order valence-electron chi connectivity index (χ1n) is 18.2.